The van der Waals surface area contributed by atoms with E-state index in [9.17, 15) is 18.0 Å². The maximum absolute atomic E-state index is 12.8. The summed E-state index contributed by atoms with van der Waals surface area (Å²) in [7, 11) is 0. The summed E-state index contributed by atoms with van der Waals surface area (Å²) in [6.45, 7) is 4.64. The van der Waals surface area contributed by atoms with Gasteiger partial charge in [0.25, 0.3) is 0 Å². The summed E-state index contributed by atoms with van der Waals surface area (Å²) in [6.07, 6.45) is -4.55. The molecule has 0 fully saturated rings. The van der Waals surface area contributed by atoms with Crippen LogP contribution in [0.3, 0.4) is 0 Å². The third-order valence-electron chi connectivity index (χ3n) is 3.20. The summed E-state index contributed by atoms with van der Waals surface area (Å²) in [5.74, 6) is -0.194. The Kier molecular flexibility index (Phi) is 4.28. The van der Waals surface area contributed by atoms with Crippen molar-refractivity contribution < 1.29 is 18.0 Å². The summed E-state index contributed by atoms with van der Waals surface area (Å²) < 4.78 is 39.5. The quantitative estimate of drug-likeness (QED) is 0.713. The van der Waals surface area contributed by atoms with Gasteiger partial charge in [0, 0.05) is 0 Å². The number of Topliss-reactive ketones (excluding diaryl/α,β-unsaturated/α-hetero) is 1. The van der Waals surface area contributed by atoms with Gasteiger partial charge in [0.2, 0.25) is 0 Å². The minimum absolute atomic E-state index is 0.115. The van der Waals surface area contributed by atoms with Crippen molar-refractivity contribution in [2.24, 2.45) is 0 Å². The molecule has 22 heavy (non-hydrogen) atoms. The fourth-order valence-corrected chi connectivity index (χ4v) is 2.95. The average molecular weight is 351 g/mol. The van der Waals surface area contributed by atoms with Crippen molar-refractivity contribution in [3.8, 4) is 5.69 Å². The Balaban J connectivity index is 2.70. The van der Waals surface area contributed by atoms with Crippen LogP contribution in [0.15, 0.2) is 12.1 Å². The first-order chi connectivity index (χ1) is 10.0. The number of alkyl halides is 3. The third kappa shape index (κ3) is 2.85. The Morgan fingerprint density at radius 3 is 2.05 bits per heavy atom. The highest BCUT2D eigenvalue weighted by atomic mass is 35.5. The molecular weight excluding hydrogens is 340 g/mol. The van der Waals surface area contributed by atoms with Gasteiger partial charge in [-0.05, 0) is 32.9 Å². The number of hydrogen-bond donors (Lipinski definition) is 0. The highest BCUT2D eigenvalue weighted by Gasteiger charge is 2.32. The van der Waals surface area contributed by atoms with Crippen molar-refractivity contribution in [2.75, 3.05) is 0 Å². The van der Waals surface area contributed by atoms with Crippen LogP contribution in [-0.2, 0) is 6.18 Å². The fraction of sp³-hybridized carbons (Fsp3) is 0.286. The molecule has 0 radical (unpaired) electrons. The second-order valence-electron chi connectivity index (χ2n) is 4.80. The van der Waals surface area contributed by atoms with Gasteiger partial charge < -0.3 is 0 Å². The molecule has 1 aromatic heterocycles. The molecule has 0 aliphatic carbocycles. The van der Waals surface area contributed by atoms with Gasteiger partial charge in [-0.15, -0.1) is 0 Å². The first-order valence-electron chi connectivity index (χ1n) is 6.17. The number of benzene rings is 1. The first kappa shape index (κ1) is 16.8. The maximum Gasteiger partial charge on any atom is 0.416 e. The van der Waals surface area contributed by atoms with Crippen LogP contribution < -0.4 is 0 Å². The number of carbonyl (C=O) groups excluding carboxylic acids is 1. The second-order valence-corrected chi connectivity index (χ2v) is 5.61. The lowest BCUT2D eigenvalue weighted by molar-refractivity contribution is -0.137. The van der Waals surface area contributed by atoms with Crippen LogP contribution in [0.1, 0.15) is 34.2 Å². The fourth-order valence-electron chi connectivity index (χ4n) is 2.30. The first-order valence-corrected chi connectivity index (χ1v) is 6.93. The van der Waals surface area contributed by atoms with E-state index < -0.39 is 11.7 Å². The van der Waals surface area contributed by atoms with Crippen molar-refractivity contribution in [2.45, 2.75) is 26.9 Å². The predicted octanol–water partition coefficient (Wildman–Crippen LogP) is 5.02. The van der Waals surface area contributed by atoms with Gasteiger partial charge in [0.1, 0.15) is 5.69 Å². The van der Waals surface area contributed by atoms with Crippen LogP contribution >= 0.6 is 23.2 Å². The predicted molar refractivity (Wildman–Crippen MR) is 78.1 cm³/mol. The molecule has 0 unspecified atom stereocenters. The monoisotopic (exact) mass is 350 g/mol. The number of aryl methyl sites for hydroxylation is 1. The molecule has 0 aliphatic rings. The van der Waals surface area contributed by atoms with Crippen LogP contribution in [0.4, 0.5) is 13.2 Å². The minimum Gasteiger partial charge on any atom is -0.294 e. The Hall–Kier alpha value is -1.53. The van der Waals surface area contributed by atoms with Crippen LogP contribution in [0.25, 0.3) is 5.69 Å². The van der Waals surface area contributed by atoms with E-state index in [1.807, 2.05) is 0 Å². The number of nitrogens with zero attached hydrogens (tertiary/aromatic N) is 2. The third-order valence-corrected chi connectivity index (χ3v) is 3.78. The standard InChI is InChI=1S/C14H11Cl2F3N2O/c1-6-12(8(3)22)7(2)21(20-6)13-10(15)4-9(5-11(13)16)14(17,18)19/h4-5H,1-3H3. The SMILES string of the molecule is CC(=O)c1c(C)nn(-c2c(Cl)cc(C(F)(F)F)cc2Cl)c1C. The molecule has 2 aromatic rings. The molecule has 0 bridgehead atoms. The average Bonchev–Trinajstić information content (AvgIpc) is 2.62. The molecule has 0 atom stereocenters. The zero-order valence-corrected chi connectivity index (χ0v) is 13.4. The number of hydrogen-bond acceptors (Lipinski definition) is 2. The van der Waals surface area contributed by atoms with Gasteiger partial charge in [-0.2, -0.15) is 18.3 Å². The molecule has 1 heterocycles. The summed E-state index contributed by atoms with van der Waals surface area (Å²) in [4.78, 5) is 11.6. The zero-order chi connectivity index (χ0) is 16.8. The van der Waals surface area contributed by atoms with E-state index in [0.29, 0.717) is 17.0 Å². The van der Waals surface area contributed by atoms with Gasteiger partial charge in [0.15, 0.2) is 5.78 Å². The van der Waals surface area contributed by atoms with Gasteiger partial charge >= 0.3 is 6.18 Å². The highest BCUT2D eigenvalue weighted by molar-refractivity contribution is 6.37. The number of carbonyl (C=O) groups is 1. The van der Waals surface area contributed by atoms with Gasteiger partial charge in [-0.3, -0.25) is 4.79 Å². The van der Waals surface area contributed by atoms with Crippen LogP contribution in [-0.4, -0.2) is 15.6 Å². The number of halogens is 5. The Morgan fingerprint density at radius 1 is 1.18 bits per heavy atom. The lowest BCUT2D eigenvalue weighted by Crippen LogP contribution is -2.08. The molecule has 1 aromatic carbocycles. The molecular formula is C14H11Cl2F3N2O. The normalized spacial score (nSPS) is 11.8. The molecule has 0 amide bonds. The highest BCUT2D eigenvalue weighted by Crippen LogP contribution is 2.38. The van der Waals surface area contributed by atoms with E-state index in [1.54, 1.807) is 13.8 Å². The van der Waals surface area contributed by atoms with Gasteiger partial charge in [0.05, 0.1) is 32.6 Å². The number of aromatic nitrogens is 2. The second kappa shape index (κ2) is 5.59. The molecule has 0 spiro atoms. The molecule has 8 heteroatoms. The Bertz CT molecular complexity index is 743. The largest absolute Gasteiger partial charge is 0.416 e. The summed E-state index contributed by atoms with van der Waals surface area (Å²) in [5, 5.41) is 3.77. The van der Waals surface area contributed by atoms with Gasteiger partial charge in [-0.1, -0.05) is 23.2 Å². The van der Waals surface area contributed by atoms with Crippen LogP contribution in [0.2, 0.25) is 10.0 Å². The Labute approximate surface area is 134 Å². The summed E-state index contributed by atoms with van der Waals surface area (Å²) in [6, 6.07) is 1.57. The van der Waals surface area contributed by atoms with E-state index in [0.717, 1.165) is 12.1 Å². The lowest BCUT2D eigenvalue weighted by atomic mass is 10.1. The van der Waals surface area contributed by atoms with Crippen molar-refractivity contribution in [3.05, 3.63) is 44.7 Å². The zero-order valence-electron chi connectivity index (χ0n) is 11.8. The van der Waals surface area contributed by atoms with Crippen LogP contribution in [0.5, 0.6) is 0 Å². The van der Waals surface area contributed by atoms with Crippen molar-refractivity contribution in [3.63, 3.8) is 0 Å². The Morgan fingerprint density at radius 2 is 1.68 bits per heavy atom. The van der Waals surface area contributed by atoms with Gasteiger partial charge in [-0.25, -0.2) is 4.68 Å². The van der Waals surface area contributed by atoms with E-state index in [4.69, 9.17) is 23.2 Å². The van der Waals surface area contributed by atoms with E-state index in [1.165, 1.54) is 11.6 Å². The van der Waals surface area contributed by atoms with E-state index >= 15 is 0 Å². The van der Waals surface area contributed by atoms with E-state index in [2.05, 4.69) is 5.10 Å². The van der Waals surface area contributed by atoms with Crippen molar-refractivity contribution in [1.82, 2.24) is 9.78 Å². The molecule has 3 nitrogen and oxygen atoms in total. The van der Waals surface area contributed by atoms with E-state index in [-0.39, 0.29) is 21.5 Å². The van der Waals surface area contributed by atoms with Crippen molar-refractivity contribution in [1.29, 1.82) is 0 Å². The molecule has 0 aliphatic heterocycles. The molecule has 118 valence electrons. The summed E-state index contributed by atoms with van der Waals surface area (Å²) in [5.41, 5.74) is 0.488. The van der Waals surface area contributed by atoms with Crippen molar-refractivity contribution >= 4 is 29.0 Å². The number of rotatable bonds is 2. The minimum atomic E-state index is -4.55. The summed E-state index contributed by atoms with van der Waals surface area (Å²) >= 11 is 11.9. The van der Waals surface area contributed by atoms with Crippen LogP contribution in [0, 0.1) is 13.8 Å². The maximum atomic E-state index is 12.8. The lowest BCUT2D eigenvalue weighted by Gasteiger charge is -2.13. The number of ketones is 1. The smallest absolute Gasteiger partial charge is 0.294 e. The molecule has 2 rings (SSSR count). The molecule has 0 saturated heterocycles. The molecule has 0 N–H and O–H groups in total. The molecule has 0 saturated carbocycles. The topological polar surface area (TPSA) is 34.9 Å².